The van der Waals surface area contributed by atoms with Gasteiger partial charge in [0.05, 0.1) is 12.5 Å². The first kappa shape index (κ1) is 34.1. The van der Waals surface area contributed by atoms with E-state index < -0.39 is 12.3 Å². The Morgan fingerprint density at radius 1 is 0.732 bits per heavy atom. The van der Waals surface area contributed by atoms with Gasteiger partial charge in [-0.3, -0.25) is 4.79 Å². The molecule has 3 saturated carbocycles. The molecule has 0 radical (unpaired) electrons. The first-order valence-electron chi connectivity index (χ1n) is 17.6. The Morgan fingerprint density at radius 3 is 1.93 bits per heavy atom. The van der Waals surface area contributed by atoms with Crippen molar-refractivity contribution in [3.8, 4) is 0 Å². The lowest BCUT2D eigenvalue weighted by atomic mass is 9.68. The van der Waals surface area contributed by atoms with Gasteiger partial charge in [-0.2, -0.15) is 0 Å². The van der Waals surface area contributed by atoms with Crippen LogP contribution in [0.15, 0.2) is 12.7 Å². The van der Waals surface area contributed by atoms with Crippen LogP contribution in [0.5, 0.6) is 0 Å². The molecule has 5 heteroatoms. The van der Waals surface area contributed by atoms with Gasteiger partial charge in [0.25, 0.3) is 0 Å². The SMILES string of the molecule is C=CC(=O)OCCCCCCC1CCC(C2CCC(C(=O)OC3CCC(CCCCCCCC)CC3F)CC2)CC1. The predicted molar refractivity (Wildman–Crippen MR) is 165 cm³/mol. The van der Waals surface area contributed by atoms with Gasteiger partial charge in [-0.05, 0) is 87.9 Å². The Kier molecular flexibility index (Phi) is 16.4. The molecular weight excluding hydrogens is 515 g/mol. The summed E-state index contributed by atoms with van der Waals surface area (Å²) < 4.78 is 25.8. The molecule has 0 N–H and O–H groups in total. The average Bonchev–Trinajstić information content (AvgIpc) is 3.00. The molecule has 3 atom stereocenters. The minimum atomic E-state index is -0.980. The molecule has 0 heterocycles. The molecule has 4 nitrogen and oxygen atoms in total. The van der Waals surface area contributed by atoms with Gasteiger partial charge >= 0.3 is 11.9 Å². The van der Waals surface area contributed by atoms with E-state index in [2.05, 4.69) is 13.5 Å². The normalized spacial score (nSPS) is 30.4. The van der Waals surface area contributed by atoms with E-state index in [0.29, 0.717) is 25.4 Å². The average molecular weight is 577 g/mol. The lowest BCUT2D eigenvalue weighted by Crippen LogP contribution is -2.37. The van der Waals surface area contributed by atoms with Gasteiger partial charge in [-0.15, -0.1) is 0 Å². The molecule has 0 spiro atoms. The molecule has 3 aliphatic rings. The molecule has 3 rings (SSSR count). The fourth-order valence-electron chi connectivity index (χ4n) is 7.92. The van der Waals surface area contributed by atoms with E-state index in [-0.39, 0.29) is 17.9 Å². The van der Waals surface area contributed by atoms with Gasteiger partial charge in [-0.25, -0.2) is 9.18 Å². The van der Waals surface area contributed by atoms with E-state index in [1.165, 1.54) is 89.5 Å². The highest BCUT2D eigenvalue weighted by molar-refractivity contribution is 5.81. The Labute approximate surface area is 251 Å². The number of halogens is 1. The van der Waals surface area contributed by atoms with Crippen LogP contribution in [0, 0.1) is 29.6 Å². The molecule has 41 heavy (non-hydrogen) atoms. The van der Waals surface area contributed by atoms with Crippen LogP contribution in [0.3, 0.4) is 0 Å². The third-order valence-corrected chi connectivity index (χ3v) is 10.6. The maximum absolute atomic E-state index is 14.9. The van der Waals surface area contributed by atoms with Crippen LogP contribution in [0.25, 0.3) is 0 Å². The van der Waals surface area contributed by atoms with E-state index >= 15 is 0 Å². The summed E-state index contributed by atoms with van der Waals surface area (Å²) in [5.74, 6) is 2.45. The van der Waals surface area contributed by atoms with E-state index in [1.54, 1.807) is 0 Å². The van der Waals surface area contributed by atoms with Crippen LogP contribution in [0.2, 0.25) is 0 Å². The van der Waals surface area contributed by atoms with Crippen molar-refractivity contribution < 1.29 is 23.5 Å². The van der Waals surface area contributed by atoms with Crippen molar-refractivity contribution in [2.24, 2.45) is 29.6 Å². The van der Waals surface area contributed by atoms with Gasteiger partial charge < -0.3 is 9.47 Å². The lowest BCUT2D eigenvalue weighted by molar-refractivity contribution is -0.162. The number of carbonyl (C=O) groups excluding carboxylic acids is 2. The monoisotopic (exact) mass is 576 g/mol. The summed E-state index contributed by atoms with van der Waals surface area (Å²) in [6, 6.07) is 0. The second-order valence-corrected chi connectivity index (χ2v) is 13.7. The Balaban J connectivity index is 1.22. The number of rotatable bonds is 18. The summed E-state index contributed by atoms with van der Waals surface area (Å²) in [5.41, 5.74) is 0. The number of alkyl halides is 1. The fraction of sp³-hybridized carbons (Fsp3) is 0.889. The van der Waals surface area contributed by atoms with E-state index in [9.17, 15) is 14.0 Å². The molecule has 3 unspecified atom stereocenters. The molecule has 3 aliphatic carbocycles. The summed E-state index contributed by atoms with van der Waals surface area (Å²) >= 11 is 0. The summed E-state index contributed by atoms with van der Waals surface area (Å²) in [5, 5.41) is 0. The number of ether oxygens (including phenoxy) is 2. The van der Waals surface area contributed by atoms with Crippen molar-refractivity contribution in [2.45, 2.75) is 167 Å². The van der Waals surface area contributed by atoms with Crippen LogP contribution in [-0.4, -0.2) is 30.8 Å². The maximum atomic E-state index is 14.9. The van der Waals surface area contributed by atoms with Gasteiger partial charge in [0.2, 0.25) is 0 Å². The lowest BCUT2D eigenvalue weighted by Gasteiger charge is -2.38. The van der Waals surface area contributed by atoms with Gasteiger partial charge in [0.15, 0.2) is 0 Å². The highest BCUT2D eigenvalue weighted by atomic mass is 19.1. The molecule has 0 saturated heterocycles. The molecule has 0 amide bonds. The van der Waals surface area contributed by atoms with Crippen molar-refractivity contribution in [3.63, 3.8) is 0 Å². The number of hydrogen-bond donors (Lipinski definition) is 0. The minimum absolute atomic E-state index is 0.0177. The summed E-state index contributed by atoms with van der Waals surface area (Å²) in [6.45, 7) is 6.17. The highest BCUT2D eigenvalue weighted by Crippen LogP contribution is 2.43. The molecule has 236 valence electrons. The standard InChI is InChI=1S/C36H61FO4/c1-3-5-6-7-8-12-15-29-18-25-34(33(37)27-29)41-36(39)32-23-21-31(22-24-32)30-19-16-28(17-20-30)14-11-9-10-13-26-40-35(38)4-2/h4,28-34H,2-3,5-27H2,1H3. The fourth-order valence-corrected chi connectivity index (χ4v) is 7.92. The van der Waals surface area contributed by atoms with Crippen LogP contribution < -0.4 is 0 Å². The molecule has 3 fully saturated rings. The second kappa shape index (κ2) is 19.7. The quantitative estimate of drug-likeness (QED) is 0.0925. The molecule has 0 aromatic carbocycles. The van der Waals surface area contributed by atoms with Crippen molar-refractivity contribution >= 4 is 11.9 Å². The molecule has 0 aliphatic heterocycles. The Bertz CT molecular complexity index is 738. The van der Waals surface area contributed by atoms with Gasteiger partial charge in [0, 0.05) is 6.08 Å². The molecule has 0 bridgehead atoms. The Morgan fingerprint density at radius 2 is 1.29 bits per heavy atom. The van der Waals surface area contributed by atoms with Gasteiger partial charge in [0.1, 0.15) is 12.3 Å². The molecule has 0 aromatic rings. The molecule has 0 aromatic heterocycles. The van der Waals surface area contributed by atoms with Crippen LogP contribution >= 0.6 is 0 Å². The summed E-state index contributed by atoms with van der Waals surface area (Å²) in [4.78, 5) is 24.0. The summed E-state index contributed by atoms with van der Waals surface area (Å²) in [6.07, 6.45) is 26.3. The predicted octanol–water partition coefficient (Wildman–Crippen LogP) is 10.1. The second-order valence-electron chi connectivity index (χ2n) is 13.7. The molecular formula is C36H61FO4. The number of unbranched alkanes of at least 4 members (excludes halogenated alkanes) is 8. The van der Waals surface area contributed by atoms with E-state index in [4.69, 9.17) is 9.47 Å². The third-order valence-electron chi connectivity index (χ3n) is 10.6. The number of hydrogen-bond acceptors (Lipinski definition) is 4. The highest BCUT2D eigenvalue weighted by Gasteiger charge is 2.37. The van der Waals surface area contributed by atoms with Crippen LogP contribution in [0.1, 0.15) is 155 Å². The maximum Gasteiger partial charge on any atom is 0.330 e. The van der Waals surface area contributed by atoms with Crippen LogP contribution in [0.4, 0.5) is 4.39 Å². The largest absolute Gasteiger partial charge is 0.463 e. The van der Waals surface area contributed by atoms with E-state index in [0.717, 1.165) is 69.1 Å². The first-order valence-corrected chi connectivity index (χ1v) is 17.6. The first-order chi connectivity index (χ1) is 20.0. The number of carbonyl (C=O) groups is 2. The number of esters is 2. The summed E-state index contributed by atoms with van der Waals surface area (Å²) in [7, 11) is 0. The third kappa shape index (κ3) is 12.8. The van der Waals surface area contributed by atoms with Crippen LogP contribution in [-0.2, 0) is 19.1 Å². The van der Waals surface area contributed by atoms with Crippen molar-refractivity contribution in [1.29, 1.82) is 0 Å². The van der Waals surface area contributed by atoms with Crippen molar-refractivity contribution in [2.75, 3.05) is 6.61 Å². The van der Waals surface area contributed by atoms with E-state index in [1.807, 2.05) is 0 Å². The van der Waals surface area contributed by atoms with Crippen molar-refractivity contribution in [1.82, 2.24) is 0 Å². The zero-order valence-corrected chi connectivity index (χ0v) is 26.3. The topological polar surface area (TPSA) is 52.6 Å². The minimum Gasteiger partial charge on any atom is -0.463 e. The zero-order chi connectivity index (χ0) is 29.3. The van der Waals surface area contributed by atoms with Crippen molar-refractivity contribution in [3.05, 3.63) is 12.7 Å². The smallest absolute Gasteiger partial charge is 0.330 e. The Hall–Kier alpha value is -1.39. The van der Waals surface area contributed by atoms with Gasteiger partial charge in [-0.1, -0.05) is 97.0 Å². The zero-order valence-electron chi connectivity index (χ0n) is 26.3.